The van der Waals surface area contributed by atoms with Crippen LogP contribution in [-0.4, -0.2) is 82.9 Å². The van der Waals surface area contributed by atoms with Gasteiger partial charge in [-0.2, -0.15) is 5.54 Å². The smallest absolute Gasteiger partial charge is 0.353 e. The molecule has 34 heavy (non-hydrogen) atoms. The SMILES string of the molecule is COc1cc(CN(O)[C@@]2(O)[C@H](O)[C@@H](CO)O[C@@]2(O)n2c(N)c(C(=O)NF)cnc2=O)ccc1O. The maximum Gasteiger partial charge on any atom is 0.353 e. The molecule has 9 N–H and O–H groups in total. The molecule has 0 aliphatic carbocycles. The zero-order valence-corrected chi connectivity index (χ0v) is 17.5. The van der Waals surface area contributed by atoms with Crippen molar-refractivity contribution < 1.29 is 49.5 Å². The number of carbonyl (C=O) groups excluding carboxylic acids is 1. The molecule has 15 nitrogen and oxygen atoms in total. The number of methoxy groups -OCH3 is 1. The number of hydrogen-bond acceptors (Lipinski definition) is 13. The van der Waals surface area contributed by atoms with Crippen molar-refractivity contribution in [3.05, 3.63) is 46.0 Å². The van der Waals surface area contributed by atoms with Crippen molar-refractivity contribution in [3.63, 3.8) is 0 Å². The van der Waals surface area contributed by atoms with E-state index in [0.717, 1.165) is 5.54 Å². The highest BCUT2D eigenvalue weighted by molar-refractivity contribution is 5.97. The summed E-state index contributed by atoms with van der Waals surface area (Å²) in [6, 6.07) is 3.74. The van der Waals surface area contributed by atoms with Crippen molar-refractivity contribution in [3.8, 4) is 11.5 Å². The third-order valence-electron chi connectivity index (χ3n) is 5.36. The number of nitrogens with two attached hydrogens (primary N) is 1. The second kappa shape index (κ2) is 9.11. The van der Waals surface area contributed by atoms with Crippen LogP contribution in [0.25, 0.3) is 0 Å². The summed E-state index contributed by atoms with van der Waals surface area (Å²) in [4.78, 5) is 27.5. The normalized spacial score (nSPS) is 26.6. The molecule has 3 rings (SSSR count). The van der Waals surface area contributed by atoms with Gasteiger partial charge in [0.2, 0.25) is 5.72 Å². The maximum absolute atomic E-state index is 12.7. The molecule has 1 aliphatic heterocycles. The highest BCUT2D eigenvalue weighted by Gasteiger charge is 2.70. The van der Waals surface area contributed by atoms with Crippen LogP contribution in [0.15, 0.2) is 29.2 Å². The fourth-order valence-corrected chi connectivity index (χ4v) is 3.59. The number of nitrogen functional groups attached to an aromatic ring is 1. The zero-order chi connectivity index (χ0) is 25.4. The summed E-state index contributed by atoms with van der Waals surface area (Å²) in [5.74, 6) is -6.15. The fourth-order valence-electron chi connectivity index (χ4n) is 3.59. The number of rotatable bonds is 7. The van der Waals surface area contributed by atoms with E-state index in [1.54, 1.807) is 0 Å². The fraction of sp³-hybridized carbons (Fsp3) is 0.389. The van der Waals surface area contributed by atoms with Gasteiger partial charge in [0.1, 0.15) is 23.6 Å². The number of nitrogens with zero attached hydrogens (tertiary/aromatic N) is 3. The molecule has 0 saturated carbocycles. The summed E-state index contributed by atoms with van der Waals surface area (Å²) in [6.45, 7) is -1.69. The Morgan fingerprint density at radius 2 is 2.12 bits per heavy atom. The van der Waals surface area contributed by atoms with Crippen molar-refractivity contribution in [2.24, 2.45) is 0 Å². The van der Waals surface area contributed by atoms with Gasteiger partial charge in [0.15, 0.2) is 11.5 Å². The molecule has 0 radical (unpaired) electrons. The highest BCUT2D eigenvalue weighted by atomic mass is 19.2. The number of phenols is 1. The molecule has 1 aromatic heterocycles. The monoisotopic (exact) mass is 487 g/mol. The van der Waals surface area contributed by atoms with E-state index >= 15 is 0 Å². The van der Waals surface area contributed by atoms with Gasteiger partial charge in [-0.15, -0.1) is 5.06 Å². The first-order chi connectivity index (χ1) is 16.0. The number of ether oxygens (including phenoxy) is 2. The molecule has 1 amide bonds. The standard InChI is InChI=1S/C18H22FN5O10/c1-33-11-4-8(2-3-10(11)26)6-23(32)17(30)13(27)12(7-25)34-18(17,31)24-14(20)9(15(28)22-19)5-21-16(24)29/h2-5,12-13,25-27,30-32H,6-7,20H2,1H3,(H,22,28)/t12-,13-,17-,18-/m1/s1. The van der Waals surface area contributed by atoms with Crippen LogP contribution < -0.4 is 21.7 Å². The predicted molar refractivity (Wildman–Crippen MR) is 107 cm³/mol. The van der Waals surface area contributed by atoms with Crippen LogP contribution >= 0.6 is 0 Å². The lowest BCUT2D eigenvalue weighted by atomic mass is 9.99. The Morgan fingerprint density at radius 1 is 1.44 bits per heavy atom. The second-order valence-corrected chi connectivity index (χ2v) is 7.28. The van der Waals surface area contributed by atoms with Gasteiger partial charge in [0.05, 0.1) is 20.3 Å². The molecule has 1 aromatic carbocycles. The minimum Gasteiger partial charge on any atom is -0.504 e. The molecule has 2 aromatic rings. The molecule has 16 heteroatoms. The van der Waals surface area contributed by atoms with Gasteiger partial charge in [-0.05, 0) is 17.7 Å². The van der Waals surface area contributed by atoms with E-state index in [9.17, 15) is 44.8 Å². The van der Waals surface area contributed by atoms with Crippen molar-refractivity contribution in [1.82, 2.24) is 20.2 Å². The summed E-state index contributed by atoms with van der Waals surface area (Å²) < 4.78 is 22.8. The quantitative estimate of drug-likeness (QED) is 0.111. The summed E-state index contributed by atoms with van der Waals surface area (Å²) in [6.07, 6.45) is -3.49. The van der Waals surface area contributed by atoms with Crippen LogP contribution in [0.4, 0.5) is 10.3 Å². The van der Waals surface area contributed by atoms with Crippen molar-refractivity contribution >= 4 is 11.7 Å². The lowest BCUT2D eigenvalue weighted by molar-refractivity contribution is -0.413. The van der Waals surface area contributed by atoms with E-state index in [2.05, 4.69) is 4.98 Å². The molecule has 4 atom stereocenters. The number of aliphatic hydroxyl groups excluding tert-OH is 2. The van der Waals surface area contributed by atoms with E-state index < -0.39 is 60.0 Å². The average molecular weight is 487 g/mol. The van der Waals surface area contributed by atoms with Crippen molar-refractivity contribution in [2.75, 3.05) is 19.5 Å². The molecule has 0 bridgehead atoms. The number of aromatic hydroxyl groups is 1. The molecule has 1 aliphatic rings. The Hall–Kier alpha value is -3.38. The van der Waals surface area contributed by atoms with Crippen LogP contribution in [0.5, 0.6) is 11.5 Å². The number of hydroxylamine groups is 2. The van der Waals surface area contributed by atoms with Gasteiger partial charge in [0.25, 0.3) is 5.91 Å². The van der Waals surface area contributed by atoms with Crippen LogP contribution in [0.3, 0.4) is 0 Å². The number of nitrogens with one attached hydrogen (secondary N) is 1. The van der Waals surface area contributed by atoms with E-state index in [4.69, 9.17) is 15.2 Å². The summed E-state index contributed by atoms with van der Waals surface area (Å²) in [5.41, 5.74) is 1.13. The summed E-state index contributed by atoms with van der Waals surface area (Å²) >= 11 is 0. The Balaban J connectivity index is 2.16. The average Bonchev–Trinajstić information content (AvgIpc) is 3.01. The molecule has 1 saturated heterocycles. The molecule has 0 unspecified atom stereocenters. The Morgan fingerprint density at radius 3 is 2.71 bits per heavy atom. The minimum absolute atomic E-state index is 0.0110. The number of benzene rings is 1. The van der Waals surface area contributed by atoms with Gasteiger partial charge in [0, 0.05) is 6.20 Å². The van der Waals surface area contributed by atoms with Gasteiger partial charge in [-0.1, -0.05) is 10.5 Å². The number of aromatic nitrogens is 2. The van der Waals surface area contributed by atoms with Gasteiger partial charge in [-0.3, -0.25) is 4.79 Å². The van der Waals surface area contributed by atoms with Gasteiger partial charge in [-0.25, -0.2) is 14.3 Å². The lowest BCUT2D eigenvalue weighted by Gasteiger charge is -2.42. The number of hydrogen-bond donors (Lipinski definition) is 8. The highest BCUT2D eigenvalue weighted by Crippen LogP contribution is 2.44. The number of amides is 1. The van der Waals surface area contributed by atoms with Gasteiger partial charge < -0.3 is 45.9 Å². The molecular formula is C18H22FN5O10. The molecule has 186 valence electrons. The van der Waals surface area contributed by atoms with Crippen LogP contribution in [0.2, 0.25) is 0 Å². The topological polar surface area (TPSA) is 233 Å². The van der Waals surface area contributed by atoms with E-state index in [1.807, 2.05) is 0 Å². The Bertz CT molecular complexity index is 1150. The van der Waals surface area contributed by atoms with Crippen LogP contribution in [-0.2, 0) is 17.2 Å². The molecule has 1 fully saturated rings. The van der Waals surface area contributed by atoms with Gasteiger partial charge >= 0.3 is 11.6 Å². The Labute approximate surface area is 189 Å². The van der Waals surface area contributed by atoms with Crippen molar-refractivity contribution in [1.29, 1.82) is 0 Å². The summed E-state index contributed by atoms with van der Waals surface area (Å²) in [5, 5.41) is 63.3. The Kier molecular flexibility index (Phi) is 6.76. The number of anilines is 1. The number of halogens is 1. The van der Waals surface area contributed by atoms with Crippen LogP contribution in [0.1, 0.15) is 15.9 Å². The number of phenolic OH excluding ortho intramolecular Hbond substituents is 1. The molecular weight excluding hydrogens is 465 g/mol. The van der Waals surface area contributed by atoms with E-state index in [1.165, 1.54) is 25.3 Å². The molecule has 2 heterocycles. The maximum atomic E-state index is 12.7. The second-order valence-electron chi connectivity index (χ2n) is 7.28. The largest absolute Gasteiger partial charge is 0.504 e. The number of carbonyl (C=O) groups is 1. The first-order valence-corrected chi connectivity index (χ1v) is 9.49. The zero-order valence-electron chi connectivity index (χ0n) is 17.5. The molecule has 0 spiro atoms. The number of aliphatic hydroxyl groups is 4. The van der Waals surface area contributed by atoms with Crippen molar-refractivity contribution in [2.45, 2.75) is 30.4 Å². The van der Waals surface area contributed by atoms with E-state index in [0.29, 0.717) is 6.20 Å². The first-order valence-electron chi connectivity index (χ1n) is 9.49. The first kappa shape index (κ1) is 25.2. The third-order valence-corrected chi connectivity index (χ3v) is 5.36. The minimum atomic E-state index is -3.46. The lowest BCUT2D eigenvalue weighted by Crippen LogP contribution is -2.68. The van der Waals surface area contributed by atoms with E-state index in [-0.39, 0.29) is 26.7 Å². The predicted octanol–water partition coefficient (Wildman–Crippen LogP) is -2.91. The third kappa shape index (κ3) is 3.72. The van der Waals surface area contributed by atoms with Crippen LogP contribution in [0, 0.1) is 0 Å². The summed E-state index contributed by atoms with van der Waals surface area (Å²) in [7, 11) is 1.25.